The molecule has 0 aliphatic heterocycles. The molecule has 0 spiro atoms. The number of carboxylic acid groups (broad SMARTS) is 1. The lowest BCUT2D eigenvalue weighted by Crippen LogP contribution is -2.53. The molecule has 1 rings (SSSR count). The molecule has 0 heterocycles. The van der Waals surface area contributed by atoms with Gasteiger partial charge in [0.15, 0.2) is 0 Å². The second-order valence-corrected chi connectivity index (χ2v) is 4.87. The number of aliphatic carboxylic acids is 1. The van der Waals surface area contributed by atoms with Crippen molar-refractivity contribution in [3.63, 3.8) is 0 Å². The lowest BCUT2D eigenvalue weighted by Gasteiger charge is -2.34. The number of carbonyl (C=O) groups excluding carboxylic acids is 1. The molecule has 0 unspecified atom stereocenters. The van der Waals surface area contributed by atoms with Crippen LogP contribution in [0.5, 0.6) is 5.75 Å². The Bertz CT molecular complexity index is 526. The molecule has 0 aliphatic carbocycles. The molecule has 1 aromatic carbocycles. The van der Waals surface area contributed by atoms with Gasteiger partial charge in [-0.3, -0.25) is 4.79 Å². The third-order valence-corrected chi connectivity index (χ3v) is 3.25. The highest BCUT2D eigenvalue weighted by molar-refractivity contribution is 6.02. The molecule has 0 saturated heterocycles. The van der Waals surface area contributed by atoms with Crippen molar-refractivity contribution in [1.29, 1.82) is 0 Å². The SMILES string of the molecule is CCN(C(=O)c1cc(OC)ccc1N)C(C)(C)C(=O)O. The van der Waals surface area contributed by atoms with E-state index in [0.29, 0.717) is 5.75 Å². The minimum atomic E-state index is -1.32. The average molecular weight is 280 g/mol. The zero-order valence-electron chi connectivity index (χ0n) is 12.1. The lowest BCUT2D eigenvalue weighted by molar-refractivity contribution is -0.147. The number of nitrogens with two attached hydrogens (primary N) is 1. The van der Waals surface area contributed by atoms with Gasteiger partial charge in [-0.05, 0) is 39.0 Å². The molecule has 0 saturated carbocycles. The molecule has 110 valence electrons. The van der Waals surface area contributed by atoms with Crippen LogP contribution in [-0.2, 0) is 4.79 Å². The van der Waals surface area contributed by atoms with E-state index in [9.17, 15) is 14.7 Å². The average Bonchev–Trinajstić information content (AvgIpc) is 2.39. The van der Waals surface area contributed by atoms with E-state index in [-0.39, 0.29) is 17.8 Å². The predicted octanol–water partition coefficient (Wildman–Crippen LogP) is 1.60. The topological polar surface area (TPSA) is 92.9 Å². The van der Waals surface area contributed by atoms with Crippen molar-refractivity contribution in [2.75, 3.05) is 19.4 Å². The van der Waals surface area contributed by atoms with Crippen molar-refractivity contribution >= 4 is 17.6 Å². The van der Waals surface area contributed by atoms with Crippen LogP contribution in [0.3, 0.4) is 0 Å². The molecule has 6 heteroatoms. The summed E-state index contributed by atoms with van der Waals surface area (Å²) < 4.78 is 5.06. The Kier molecular flexibility index (Phi) is 4.60. The van der Waals surface area contributed by atoms with Crippen molar-refractivity contribution in [1.82, 2.24) is 4.90 Å². The normalized spacial score (nSPS) is 11.0. The second-order valence-electron chi connectivity index (χ2n) is 4.87. The summed E-state index contributed by atoms with van der Waals surface area (Å²) in [6.45, 7) is 4.94. The summed E-state index contributed by atoms with van der Waals surface area (Å²) >= 11 is 0. The number of carbonyl (C=O) groups is 2. The maximum absolute atomic E-state index is 12.5. The Morgan fingerprint density at radius 3 is 2.45 bits per heavy atom. The molecule has 0 atom stereocenters. The van der Waals surface area contributed by atoms with Crippen molar-refractivity contribution in [3.8, 4) is 5.75 Å². The van der Waals surface area contributed by atoms with Gasteiger partial charge in [0.1, 0.15) is 11.3 Å². The number of ether oxygens (including phenoxy) is 1. The van der Waals surface area contributed by atoms with Gasteiger partial charge in [0.05, 0.1) is 12.7 Å². The van der Waals surface area contributed by atoms with Crippen LogP contribution in [0.15, 0.2) is 18.2 Å². The van der Waals surface area contributed by atoms with Gasteiger partial charge in [0.2, 0.25) is 0 Å². The van der Waals surface area contributed by atoms with E-state index in [1.54, 1.807) is 19.1 Å². The summed E-state index contributed by atoms with van der Waals surface area (Å²) in [6.07, 6.45) is 0. The first kappa shape index (κ1) is 15.8. The number of benzene rings is 1. The van der Waals surface area contributed by atoms with Crippen LogP contribution < -0.4 is 10.5 Å². The molecule has 0 radical (unpaired) electrons. The van der Waals surface area contributed by atoms with Crippen LogP contribution in [0.25, 0.3) is 0 Å². The first-order chi connectivity index (χ1) is 9.25. The summed E-state index contributed by atoms with van der Waals surface area (Å²) in [4.78, 5) is 25.1. The smallest absolute Gasteiger partial charge is 0.329 e. The number of hydrogen-bond donors (Lipinski definition) is 2. The molecule has 3 N–H and O–H groups in total. The maximum atomic E-state index is 12.5. The summed E-state index contributed by atoms with van der Waals surface area (Å²) in [5.41, 5.74) is 5.01. The van der Waals surface area contributed by atoms with Crippen LogP contribution >= 0.6 is 0 Å². The van der Waals surface area contributed by atoms with Crippen LogP contribution in [0.2, 0.25) is 0 Å². The molecule has 6 nitrogen and oxygen atoms in total. The van der Waals surface area contributed by atoms with Gasteiger partial charge in [-0.25, -0.2) is 4.79 Å². The Hall–Kier alpha value is -2.24. The highest BCUT2D eigenvalue weighted by Crippen LogP contribution is 2.24. The van der Waals surface area contributed by atoms with E-state index in [1.807, 2.05) is 0 Å². The van der Waals surface area contributed by atoms with E-state index < -0.39 is 17.4 Å². The van der Waals surface area contributed by atoms with E-state index in [2.05, 4.69) is 0 Å². The van der Waals surface area contributed by atoms with E-state index >= 15 is 0 Å². The molecule has 1 amide bonds. The van der Waals surface area contributed by atoms with Gasteiger partial charge in [-0.15, -0.1) is 0 Å². The maximum Gasteiger partial charge on any atom is 0.329 e. The Morgan fingerprint density at radius 1 is 1.40 bits per heavy atom. The molecule has 0 fully saturated rings. The number of hydrogen-bond acceptors (Lipinski definition) is 4. The highest BCUT2D eigenvalue weighted by atomic mass is 16.5. The standard InChI is InChI=1S/C14H20N2O4/c1-5-16(14(2,3)13(18)19)12(17)10-8-9(20-4)6-7-11(10)15/h6-8H,5,15H2,1-4H3,(H,18,19). The van der Waals surface area contributed by atoms with Gasteiger partial charge in [-0.1, -0.05) is 0 Å². The number of nitrogen functional groups attached to an aromatic ring is 1. The zero-order chi connectivity index (χ0) is 15.5. The van der Waals surface area contributed by atoms with Gasteiger partial charge >= 0.3 is 5.97 Å². The number of rotatable bonds is 5. The highest BCUT2D eigenvalue weighted by Gasteiger charge is 2.37. The van der Waals surface area contributed by atoms with E-state index in [1.165, 1.54) is 31.9 Å². The van der Waals surface area contributed by atoms with Crippen molar-refractivity contribution in [3.05, 3.63) is 23.8 Å². The van der Waals surface area contributed by atoms with Crippen molar-refractivity contribution in [2.45, 2.75) is 26.3 Å². The van der Waals surface area contributed by atoms with Crippen LogP contribution in [-0.4, -0.2) is 41.1 Å². The number of amides is 1. The summed E-state index contributed by atoms with van der Waals surface area (Å²) in [5, 5.41) is 9.26. The first-order valence-corrected chi connectivity index (χ1v) is 6.24. The third kappa shape index (κ3) is 2.84. The number of methoxy groups -OCH3 is 1. The van der Waals surface area contributed by atoms with Crippen LogP contribution in [0, 0.1) is 0 Å². The van der Waals surface area contributed by atoms with Gasteiger partial charge in [0, 0.05) is 12.2 Å². The number of likely N-dealkylation sites (N-methyl/N-ethyl adjacent to an activating group) is 1. The fraction of sp³-hybridized carbons (Fsp3) is 0.429. The minimum Gasteiger partial charge on any atom is -0.497 e. The fourth-order valence-corrected chi connectivity index (χ4v) is 1.90. The molecular formula is C14H20N2O4. The van der Waals surface area contributed by atoms with E-state index in [0.717, 1.165) is 0 Å². The molecule has 1 aromatic rings. The van der Waals surface area contributed by atoms with Crippen molar-refractivity contribution < 1.29 is 19.4 Å². The van der Waals surface area contributed by atoms with Crippen LogP contribution in [0.4, 0.5) is 5.69 Å². The third-order valence-electron chi connectivity index (χ3n) is 3.25. The summed E-state index contributed by atoms with van der Waals surface area (Å²) in [6, 6.07) is 4.72. The van der Waals surface area contributed by atoms with Crippen molar-refractivity contribution in [2.24, 2.45) is 0 Å². The van der Waals surface area contributed by atoms with E-state index in [4.69, 9.17) is 10.5 Å². The van der Waals surface area contributed by atoms with Gasteiger partial charge in [0.25, 0.3) is 5.91 Å². The number of carboxylic acids is 1. The first-order valence-electron chi connectivity index (χ1n) is 6.24. The molecule has 0 aliphatic rings. The number of anilines is 1. The Labute approximate surface area is 118 Å². The minimum absolute atomic E-state index is 0.237. The molecule has 0 bridgehead atoms. The summed E-state index contributed by atoms with van der Waals surface area (Å²) in [5.74, 6) is -1.02. The quantitative estimate of drug-likeness (QED) is 0.799. The Morgan fingerprint density at radius 2 is 2.00 bits per heavy atom. The van der Waals surface area contributed by atoms with Gasteiger partial charge in [-0.2, -0.15) is 0 Å². The predicted molar refractivity (Wildman–Crippen MR) is 75.8 cm³/mol. The van der Waals surface area contributed by atoms with Gasteiger partial charge < -0.3 is 20.5 Å². The largest absolute Gasteiger partial charge is 0.497 e. The zero-order valence-corrected chi connectivity index (χ0v) is 12.1. The summed E-state index contributed by atoms with van der Waals surface area (Å²) in [7, 11) is 1.48. The molecule has 0 aromatic heterocycles. The lowest BCUT2D eigenvalue weighted by atomic mass is 10.0. The molecule has 20 heavy (non-hydrogen) atoms. The second kappa shape index (κ2) is 5.81. The number of nitrogens with zero attached hydrogens (tertiary/aromatic N) is 1. The van der Waals surface area contributed by atoms with Crippen LogP contribution in [0.1, 0.15) is 31.1 Å². The molecular weight excluding hydrogens is 260 g/mol. The fourth-order valence-electron chi connectivity index (χ4n) is 1.90. The monoisotopic (exact) mass is 280 g/mol. The Balaban J connectivity index is 3.25.